The summed E-state index contributed by atoms with van der Waals surface area (Å²) in [6, 6.07) is 21.9. The van der Waals surface area contributed by atoms with Gasteiger partial charge in [-0.3, -0.25) is 4.79 Å². The lowest BCUT2D eigenvalue weighted by Crippen LogP contribution is -2.46. The van der Waals surface area contributed by atoms with Gasteiger partial charge in [-0.25, -0.2) is 4.98 Å². The first-order chi connectivity index (χ1) is 13.7. The van der Waals surface area contributed by atoms with E-state index >= 15 is 0 Å². The SMILES string of the molecule is Cc1ccc(C(=O)Nc2ccc(N3CCN(c4ccccc4)CC3)cn2)cc1. The third-order valence-electron chi connectivity index (χ3n) is 5.07. The minimum Gasteiger partial charge on any atom is -0.368 e. The maximum absolute atomic E-state index is 12.3. The Hall–Kier alpha value is -3.34. The molecule has 0 spiro atoms. The van der Waals surface area contributed by atoms with E-state index in [-0.39, 0.29) is 5.91 Å². The number of para-hydroxylation sites is 1. The molecule has 0 atom stereocenters. The van der Waals surface area contributed by atoms with Crippen LogP contribution in [0.5, 0.6) is 0 Å². The van der Waals surface area contributed by atoms with Crippen molar-refractivity contribution in [3.63, 3.8) is 0 Å². The number of rotatable bonds is 4. The number of benzene rings is 2. The Labute approximate surface area is 165 Å². The summed E-state index contributed by atoms with van der Waals surface area (Å²) in [5, 5.41) is 2.86. The number of piperazine rings is 1. The molecule has 1 aliphatic heterocycles. The number of hydrogen-bond donors (Lipinski definition) is 1. The summed E-state index contributed by atoms with van der Waals surface area (Å²) in [7, 11) is 0. The van der Waals surface area contributed by atoms with Crippen LogP contribution in [0, 0.1) is 6.92 Å². The molecular formula is C23H24N4O. The van der Waals surface area contributed by atoms with Crippen molar-refractivity contribution in [2.24, 2.45) is 0 Å². The molecule has 0 aliphatic carbocycles. The van der Waals surface area contributed by atoms with E-state index in [0.717, 1.165) is 37.4 Å². The van der Waals surface area contributed by atoms with Crippen LogP contribution in [0.15, 0.2) is 72.9 Å². The van der Waals surface area contributed by atoms with Crippen LogP contribution in [0.25, 0.3) is 0 Å². The number of aryl methyl sites for hydroxylation is 1. The van der Waals surface area contributed by atoms with Crippen molar-refractivity contribution in [3.05, 3.63) is 84.1 Å². The maximum atomic E-state index is 12.3. The van der Waals surface area contributed by atoms with Crippen molar-refractivity contribution in [2.75, 3.05) is 41.3 Å². The molecule has 0 saturated carbocycles. The summed E-state index contributed by atoms with van der Waals surface area (Å²) >= 11 is 0. The Balaban J connectivity index is 1.35. The zero-order valence-corrected chi connectivity index (χ0v) is 16.0. The first-order valence-electron chi connectivity index (χ1n) is 9.58. The van der Waals surface area contributed by atoms with Gasteiger partial charge in [0.2, 0.25) is 0 Å². The second-order valence-corrected chi connectivity index (χ2v) is 7.03. The third kappa shape index (κ3) is 4.14. The van der Waals surface area contributed by atoms with Gasteiger partial charge in [0, 0.05) is 37.4 Å². The number of amides is 1. The molecule has 5 heteroatoms. The first kappa shape index (κ1) is 18.0. The third-order valence-corrected chi connectivity index (χ3v) is 5.07. The summed E-state index contributed by atoms with van der Waals surface area (Å²) in [6.07, 6.45) is 1.84. The van der Waals surface area contributed by atoms with Gasteiger partial charge in [0.15, 0.2) is 0 Å². The highest BCUT2D eigenvalue weighted by atomic mass is 16.1. The molecule has 3 aromatic rings. The van der Waals surface area contributed by atoms with Crippen molar-refractivity contribution in [1.29, 1.82) is 0 Å². The second-order valence-electron chi connectivity index (χ2n) is 7.03. The van der Waals surface area contributed by atoms with Crippen molar-refractivity contribution in [1.82, 2.24) is 4.98 Å². The first-order valence-corrected chi connectivity index (χ1v) is 9.58. The number of nitrogens with zero attached hydrogens (tertiary/aromatic N) is 3. The summed E-state index contributed by atoms with van der Waals surface area (Å²) in [5.74, 6) is 0.425. The van der Waals surface area contributed by atoms with Gasteiger partial charge < -0.3 is 15.1 Å². The van der Waals surface area contributed by atoms with E-state index in [1.54, 1.807) is 0 Å². The summed E-state index contributed by atoms with van der Waals surface area (Å²) in [5.41, 5.74) is 4.12. The quantitative estimate of drug-likeness (QED) is 0.753. The smallest absolute Gasteiger partial charge is 0.256 e. The zero-order chi connectivity index (χ0) is 19.3. The number of aromatic nitrogens is 1. The molecule has 1 aromatic heterocycles. The molecule has 2 aromatic carbocycles. The summed E-state index contributed by atoms with van der Waals surface area (Å²) in [4.78, 5) is 21.5. The van der Waals surface area contributed by atoms with E-state index in [1.165, 1.54) is 5.69 Å². The average Bonchev–Trinajstić information content (AvgIpc) is 2.75. The predicted molar refractivity (Wildman–Crippen MR) is 114 cm³/mol. The molecule has 1 amide bonds. The second kappa shape index (κ2) is 8.13. The van der Waals surface area contributed by atoms with Gasteiger partial charge in [-0.2, -0.15) is 0 Å². The van der Waals surface area contributed by atoms with Gasteiger partial charge in [-0.05, 0) is 43.3 Å². The highest BCUT2D eigenvalue weighted by Crippen LogP contribution is 2.21. The molecule has 4 rings (SSSR count). The normalized spacial score (nSPS) is 14.0. The lowest BCUT2D eigenvalue weighted by molar-refractivity contribution is 0.102. The zero-order valence-electron chi connectivity index (χ0n) is 16.0. The Bertz CT molecular complexity index is 915. The summed E-state index contributed by atoms with van der Waals surface area (Å²) in [6.45, 7) is 5.87. The van der Waals surface area contributed by atoms with Gasteiger partial charge in [-0.15, -0.1) is 0 Å². The molecule has 0 bridgehead atoms. The standard InChI is InChI=1S/C23H24N4O/c1-18-7-9-19(10-8-18)23(28)25-22-12-11-21(17-24-22)27-15-13-26(14-16-27)20-5-3-2-4-6-20/h2-12,17H,13-16H2,1H3,(H,24,25,28). The number of nitrogens with one attached hydrogen (secondary N) is 1. The molecule has 28 heavy (non-hydrogen) atoms. The number of hydrogen-bond acceptors (Lipinski definition) is 4. The fourth-order valence-electron chi connectivity index (χ4n) is 3.40. The molecule has 0 unspecified atom stereocenters. The van der Waals surface area contributed by atoms with Crippen LogP contribution in [-0.2, 0) is 0 Å². The monoisotopic (exact) mass is 372 g/mol. The van der Waals surface area contributed by atoms with Crippen molar-refractivity contribution in [2.45, 2.75) is 6.92 Å². The van der Waals surface area contributed by atoms with Gasteiger partial charge in [0.25, 0.3) is 5.91 Å². The number of carbonyl (C=O) groups excluding carboxylic acids is 1. The molecule has 1 fully saturated rings. The van der Waals surface area contributed by atoms with Crippen LogP contribution in [0.3, 0.4) is 0 Å². The van der Waals surface area contributed by atoms with Crippen LogP contribution in [0.1, 0.15) is 15.9 Å². The van der Waals surface area contributed by atoms with E-state index < -0.39 is 0 Å². The minimum absolute atomic E-state index is 0.142. The molecule has 1 saturated heterocycles. The van der Waals surface area contributed by atoms with Crippen LogP contribution in [0.2, 0.25) is 0 Å². The molecule has 142 valence electrons. The van der Waals surface area contributed by atoms with E-state index in [0.29, 0.717) is 11.4 Å². The number of pyridine rings is 1. The summed E-state index contributed by atoms with van der Waals surface area (Å²) < 4.78 is 0. The van der Waals surface area contributed by atoms with Gasteiger partial charge in [0.05, 0.1) is 11.9 Å². The minimum atomic E-state index is -0.142. The van der Waals surface area contributed by atoms with Crippen molar-refractivity contribution < 1.29 is 4.79 Å². The molecular weight excluding hydrogens is 348 g/mol. The van der Waals surface area contributed by atoms with Crippen LogP contribution in [0.4, 0.5) is 17.2 Å². The predicted octanol–water partition coefficient (Wildman–Crippen LogP) is 3.97. The van der Waals surface area contributed by atoms with Crippen LogP contribution >= 0.6 is 0 Å². The molecule has 2 heterocycles. The van der Waals surface area contributed by atoms with E-state index in [2.05, 4.69) is 44.4 Å². The van der Waals surface area contributed by atoms with Crippen LogP contribution < -0.4 is 15.1 Å². The van der Waals surface area contributed by atoms with Gasteiger partial charge in [0.1, 0.15) is 5.82 Å². The highest BCUT2D eigenvalue weighted by molar-refractivity contribution is 6.03. The van der Waals surface area contributed by atoms with Crippen molar-refractivity contribution >= 4 is 23.1 Å². The molecule has 0 radical (unpaired) electrons. The fourth-order valence-corrected chi connectivity index (χ4v) is 3.40. The molecule has 1 N–H and O–H groups in total. The number of carbonyl (C=O) groups is 1. The average molecular weight is 372 g/mol. The van der Waals surface area contributed by atoms with Gasteiger partial charge >= 0.3 is 0 Å². The van der Waals surface area contributed by atoms with E-state index in [4.69, 9.17) is 0 Å². The lowest BCUT2D eigenvalue weighted by Gasteiger charge is -2.37. The largest absolute Gasteiger partial charge is 0.368 e. The Kier molecular flexibility index (Phi) is 5.24. The fraction of sp³-hybridized carbons (Fsp3) is 0.217. The van der Waals surface area contributed by atoms with E-state index in [9.17, 15) is 4.79 Å². The molecule has 1 aliphatic rings. The highest BCUT2D eigenvalue weighted by Gasteiger charge is 2.17. The maximum Gasteiger partial charge on any atom is 0.256 e. The van der Waals surface area contributed by atoms with E-state index in [1.807, 2.05) is 55.6 Å². The Morgan fingerprint density at radius 1 is 0.821 bits per heavy atom. The topological polar surface area (TPSA) is 48.5 Å². The molecule has 5 nitrogen and oxygen atoms in total. The Morgan fingerprint density at radius 3 is 2.07 bits per heavy atom. The lowest BCUT2D eigenvalue weighted by atomic mass is 10.1. The van der Waals surface area contributed by atoms with Gasteiger partial charge in [-0.1, -0.05) is 35.9 Å². The van der Waals surface area contributed by atoms with Crippen LogP contribution in [-0.4, -0.2) is 37.1 Å². The Morgan fingerprint density at radius 2 is 1.46 bits per heavy atom. The number of anilines is 3. The van der Waals surface area contributed by atoms with Crippen molar-refractivity contribution in [3.8, 4) is 0 Å².